The second kappa shape index (κ2) is 14.6. The van der Waals surface area contributed by atoms with Crippen molar-refractivity contribution in [1.29, 1.82) is 5.26 Å². The van der Waals surface area contributed by atoms with Gasteiger partial charge in [-0.25, -0.2) is 0 Å². The lowest BCUT2D eigenvalue weighted by molar-refractivity contribution is -0.137. The molecule has 0 aliphatic heterocycles. The Balaban J connectivity index is 2.22. The van der Waals surface area contributed by atoms with Crippen molar-refractivity contribution in [3.63, 3.8) is 0 Å². The smallest absolute Gasteiger partial charge is 0.303 e. The number of carbonyl (C=O) groups is 1. The molecule has 1 fully saturated rings. The fraction of sp³-hybridized carbons (Fsp3) is 0.818. The van der Waals surface area contributed by atoms with Gasteiger partial charge in [0.1, 0.15) is 0 Å². The highest BCUT2D eigenvalue weighted by Crippen LogP contribution is 2.37. The first kappa shape index (κ1) is 23.7. The van der Waals surface area contributed by atoms with Crippen molar-refractivity contribution in [3.8, 4) is 6.07 Å². The van der Waals surface area contributed by atoms with Gasteiger partial charge in [-0.05, 0) is 50.4 Å². The Kier molecular flexibility index (Phi) is 12.8. The van der Waals surface area contributed by atoms with Crippen LogP contribution in [0.25, 0.3) is 0 Å². The van der Waals surface area contributed by atoms with Crippen LogP contribution in [-0.4, -0.2) is 33.5 Å². The maximum atomic E-state index is 10.5. The highest BCUT2D eigenvalue weighted by atomic mass is 16.4. The van der Waals surface area contributed by atoms with E-state index < -0.39 is 12.1 Å². The number of unbranched alkanes of at least 4 members (excludes halogenated alkanes) is 7. The summed E-state index contributed by atoms with van der Waals surface area (Å²) in [4.78, 5) is 10.5. The van der Waals surface area contributed by atoms with E-state index in [0.717, 1.165) is 77.0 Å². The number of hydrogen-bond acceptors (Lipinski definition) is 4. The van der Waals surface area contributed by atoms with E-state index in [4.69, 9.17) is 10.4 Å². The highest BCUT2D eigenvalue weighted by Gasteiger charge is 2.32. The van der Waals surface area contributed by atoms with Crippen molar-refractivity contribution in [3.05, 3.63) is 12.2 Å². The average molecular weight is 380 g/mol. The van der Waals surface area contributed by atoms with Crippen LogP contribution in [0.1, 0.15) is 89.9 Å². The van der Waals surface area contributed by atoms with Crippen molar-refractivity contribution in [2.75, 3.05) is 0 Å². The second-order valence-electron chi connectivity index (χ2n) is 7.88. The number of aliphatic carboxylic acids is 1. The topological polar surface area (TPSA) is 102 Å². The number of carboxylic acids is 1. The molecule has 5 heteroatoms. The molecular weight excluding hydrogens is 342 g/mol. The lowest BCUT2D eigenvalue weighted by atomic mass is 9.88. The van der Waals surface area contributed by atoms with Crippen molar-refractivity contribution in [2.45, 2.75) is 102 Å². The standard InChI is InChI=1S/C22H37NO4/c23-17-9-5-1-2-6-10-19(24)15-13-18-14-16-21(25)20(18)11-7-3-4-8-12-22(26)27/h13,15,18-21,24-25H,1-12,14,16H2,(H,26,27). The van der Waals surface area contributed by atoms with Crippen LogP contribution in [0, 0.1) is 23.2 Å². The zero-order valence-electron chi connectivity index (χ0n) is 16.6. The quantitative estimate of drug-likeness (QED) is 0.285. The van der Waals surface area contributed by atoms with Gasteiger partial charge in [0.2, 0.25) is 0 Å². The van der Waals surface area contributed by atoms with E-state index in [2.05, 4.69) is 12.1 Å². The number of hydrogen-bond donors (Lipinski definition) is 3. The molecule has 0 saturated heterocycles. The van der Waals surface area contributed by atoms with Gasteiger partial charge in [-0.2, -0.15) is 5.26 Å². The van der Waals surface area contributed by atoms with Crippen molar-refractivity contribution in [2.24, 2.45) is 11.8 Å². The Morgan fingerprint density at radius 3 is 2.52 bits per heavy atom. The monoisotopic (exact) mass is 379 g/mol. The number of aliphatic hydroxyl groups excluding tert-OH is 2. The minimum atomic E-state index is -0.729. The first-order valence-corrected chi connectivity index (χ1v) is 10.7. The summed E-state index contributed by atoms with van der Waals surface area (Å²) < 4.78 is 0. The minimum absolute atomic E-state index is 0.244. The van der Waals surface area contributed by atoms with Crippen molar-refractivity contribution >= 4 is 5.97 Å². The first-order chi connectivity index (χ1) is 13.0. The largest absolute Gasteiger partial charge is 0.481 e. The molecule has 1 rings (SSSR count). The van der Waals surface area contributed by atoms with Crippen LogP contribution in [-0.2, 0) is 4.79 Å². The Hall–Kier alpha value is -1.38. The van der Waals surface area contributed by atoms with E-state index in [1.165, 1.54) is 0 Å². The van der Waals surface area contributed by atoms with E-state index in [1.54, 1.807) is 0 Å². The molecule has 1 aliphatic rings. The zero-order chi connectivity index (χ0) is 19.9. The molecule has 0 spiro atoms. The maximum Gasteiger partial charge on any atom is 0.303 e. The molecule has 0 aromatic heterocycles. The predicted molar refractivity (Wildman–Crippen MR) is 106 cm³/mol. The van der Waals surface area contributed by atoms with Gasteiger partial charge >= 0.3 is 5.97 Å². The fourth-order valence-corrected chi connectivity index (χ4v) is 4.01. The van der Waals surface area contributed by atoms with Gasteiger partial charge in [-0.3, -0.25) is 4.79 Å². The summed E-state index contributed by atoms with van der Waals surface area (Å²) in [5, 5.41) is 37.5. The molecule has 0 amide bonds. The zero-order valence-corrected chi connectivity index (χ0v) is 16.6. The SMILES string of the molecule is N#CCCCCCCC(O)C=CC1CCC(O)C1CCCCCCC(=O)O. The summed E-state index contributed by atoms with van der Waals surface area (Å²) in [7, 11) is 0. The third-order valence-electron chi connectivity index (χ3n) is 5.64. The summed E-state index contributed by atoms with van der Waals surface area (Å²) in [6.07, 6.45) is 15.4. The van der Waals surface area contributed by atoms with E-state index in [0.29, 0.717) is 12.3 Å². The average Bonchev–Trinajstić information content (AvgIpc) is 2.99. The molecule has 27 heavy (non-hydrogen) atoms. The Bertz CT molecular complexity index is 471. The second-order valence-corrected chi connectivity index (χ2v) is 7.88. The minimum Gasteiger partial charge on any atom is -0.481 e. The van der Waals surface area contributed by atoms with E-state index in [9.17, 15) is 15.0 Å². The molecule has 0 heterocycles. The van der Waals surface area contributed by atoms with Gasteiger partial charge in [-0.15, -0.1) is 0 Å². The molecule has 0 radical (unpaired) electrons. The van der Waals surface area contributed by atoms with E-state index in [-0.39, 0.29) is 18.4 Å². The van der Waals surface area contributed by atoms with Crippen molar-refractivity contribution in [1.82, 2.24) is 0 Å². The molecule has 4 atom stereocenters. The van der Waals surface area contributed by atoms with Crippen LogP contribution >= 0.6 is 0 Å². The normalized spacial score (nSPS) is 23.5. The molecule has 0 aromatic rings. The van der Waals surface area contributed by atoms with Crippen LogP contribution in [0.5, 0.6) is 0 Å². The molecule has 3 N–H and O–H groups in total. The predicted octanol–water partition coefficient (Wildman–Crippen LogP) is 4.58. The van der Waals surface area contributed by atoms with Crippen LogP contribution < -0.4 is 0 Å². The van der Waals surface area contributed by atoms with Gasteiger partial charge in [0, 0.05) is 12.8 Å². The van der Waals surface area contributed by atoms with Gasteiger partial charge in [0.15, 0.2) is 0 Å². The van der Waals surface area contributed by atoms with E-state index in [1.807, 2.05) is 6.08 Å². The summed E-state index contributed by atoms with van der Waals surface area (Å²) in [5.41, 5.74) is 0. The molecule has 154 valence electrons. The highest BCUT2D eigenvalue weighted by molar-refractivity contribution is 5.66. The lowest BCUT2D eigenvalue weighted by Crippen LogP contribution is -2.18. The molecular formula is C22H37NO4. The molecule has 1 saturated carbocycles. The van der Waals surface area contributed by atoms with Crippen LogP contribution in [0.2, 0.25) is 0 Å². The molecule has 0 bridgehead atoms. The number of aliphatic hydroxyl groups is 2. The summed E-state index contributed by atoms with van der Waals surface area (Å²) in [6.45, 7) is 0. The molecule has 1 aliphatic carbocycles. The fourth-order valence-electron chi connectivity index (χ4n) is 4.01. The number of carboxylic acid groups (broad SMARTS) is 1. The third-order valence-corrected chi connectivity index (χ3v) is 5.64. The Morgan fingerprint density at radius 2 is 1.78 bits per heavy atom. The number of nitriles is 1. The van der Waals surface area contributed by atoms with Crippen LogP contribution in [0.15, 0.2) is 12.2 Å². The van der Waals surface area contributed by atoms with Gasteiger partial charge in [0.05, 0.1) is 18.3 Å². The van der Waals surface area contributed by atoms with E-state index >= 15 is 0 Å². The number of allylic oxidation sites excluding steroid dienone is 1. The molecule has 0 aromatic carbocycles. The Morgan fingerprint density at radius 1 is 1.07 bits per heavy atom. The van der Waals surface area contributed by atoms with Crippen molar-refractivity contribution < 1.29 is 20.1 Å². The first-order valence-electron chi connectivity index (χ1n) is 10.7. The number of rotatable bonds is 15. The molecule has 4 unspecified atom stereocenters. The van der Waals surface area contributed by atoms with Crippen LogP contribution in [0.4, 0.5) is 0 Å². The van der Waals surface area contributed by atoms with Gasteiger partial charge in [0.25, 0.3) is 0 Å². The maximum absolute atomic E-state index is 10.5. The lowest BCUT2D eigenvalue weighted by Gasteiger charge is -2.20. The van der Waals surface area contributed by atoms with Gasteiger partial charge in [-0.1, -0.05) is 50.7 Å². The third kappa shape index (κ3) is 11.1. The van der Waals surface area contributed by atoms with Crippen LogP contribution in [0.3, 0.4) is 0 Å². The summed E-state index contributed by atoms with van der Waals surface area (Å²) >= 11 is 0. The molecule has 5 nitrogen and oxygen atoms in total. The number of nitrogens with zero attached hydrogens (tertiary/aromatic N) is 1. The van der Waals surface area contributed by atoms with Gasteiger partial charge < -0.3 is 15.3 Å². The summed E-state index contributed by atoms with van der Waals surface area (Å²) in [6, 6.07) is 2.15. The Labute approximate surface area is 164 Å². The summed E-state index contributed by atoms with van der Waals surface area (Å²) in [5.74, 6) is -0.129.